The van der Waals surface area contributed by atoms with Crippen LogP contribution in [-0.2, 0) is 22.4 Å². The molecule has 0 radical (unpaired) electrons. The van der Waals surface area contributed by atoms with E-state index < -0.39 is 23.6 Å². The highest BCUT2D eigenvalue weighted by Crippen LogP contribution is 2.55. The highest BCUT2D eigenvalue weighted by atomic mass is 35.5. The summed E-state index contributed by atoms with van der Waals surface area (Å²) < 4.78 is 44.7. The van der Waals surface area contributed by atoms with E-state index in [-0.39, 0.29) is 18.5 Å². The second kappa shape index (κ2) is 13.9. The smallest absolute Gasteiger partial charge is 0.416 e. The zero-order valence-corrected chi connectivity index (χ0v) is 26.1. The Bertz CT molecular complexity index is 1700. The number of para-hydroxylation sites is 1. The summed E-state index contributed by atoms with van der Waals surface area (Å²) in [5, 5.41) is 6.44. The molecule has 2 amide bonds. The Morgan fingerprint density at radius 2 is 1.62 bits per heavy atom. The summed E-state index contributed by atoms with van der Waals surface area (Å²) in [6.45, 7) is -0.231. The second-order valence-electron chi connectivity index (χ2n) is 9.91. The third-order valence-electron chi connectivity index (χ3n) is 6.93. The van der Waals surface area contributed by atoms with Gasteiger partial charge in [-0.25, -0.2) is 0 Å². The van der Waals surface area contributed by atoms with Crippen molar-refractivity contribution in [2.45, 2.75) is 23.1 Å². The standard InChI is InChI=1S/C33H26Cl2F3N3O3S/c1-40(30(43)19-39-29(42)18-15-21-13-16-23(17-14-21)33(36,37)38)41-31-27(44-20-24-25(34)9-5-10-26(24)35)11-6-12-28(31)45-32(41)22-7-3-2-4-8-22/h2-18,32H,19-20H2,1H3,(H,39,42). The summed E-state index contributed by atoms with van der Waals surface area (Å²) in [5.74, 6) is -0.477. The lowest BCUT2D eigenvalue weighted by Gasteiger charge is -2.35. The predicted octanol–water partition coefficient (Wildman–Crippen LogP) is 8.41. The van der Waals surface area contributed by atoms with Crippen molar-refractivity contribution in [3.8, 4) is 5.75 Å². The summed E-state index contributed by atoms with van der Waals surface area (Å²) in [7, 11) is 1.61. The van der Waals surface area contributed by atoms with Gasteiger partial charge in [0.05, 0.1) is 12.1 Å². The molecule has 45 heavy (non-hydrogen) atoms. The van der Waals surface area contributed by atoms with Crippen LogP contribution in [0.2, 0.25) is 10.0 Å². The average molecular weight is 673 g/mol. The highest BCUT2D eigenvalue weighted by Gasteiger charge is 2.38. The number of thioether (sulfide) groups is 1. The van der Waals surface area contributed by atoms with Crippen molar-refractivity contribution < 1.29 is 27.5 Å². The molecule has 232 valence electrons. The third kappa shape index (κ3) is 7.58. The molecule has 0 aliphatic carbocycles. The van der Waals surface area contributed by atoms with Crippen LogP contribution in [0.25, 0.3) is 6.08 Å². The number of nitrogens with one attached hydrogen (secondary N) is 1. The van der Waals surface area contributed by atoms with Crippen molar-refractivity contribution in [3.63, 3.8) is 0 Å². The van der Waals surface area contributed by atoms with Gasteiger partial charge < -0.3 is 10.1 Å². The van der Waals surface area contributed by atoms with Crippen LogP contribution in [0.4, 0.5) is 18.9 Å². The summed E-state index contributed by atoms with van der Waals surface area (Å²) in [6.07, 6.45) is -1.91. The molecule has 1 aliphatic rings. The monoisotopic (exact) mass is 671 g/mol. The molecule has 0 saturated heterocycles. The second-order valence-corrected chi connectivity index (χ2v) is 11.8. The maximum absolute atomic E-state index is 13.5. The molecule has 12 heteroatoms. The molecule has 1 unspecified atom stereocenters. The van der Waals surface area contributed by atoms with Crippen molar-refractivity contribution in [3.05, 3.63) is 129 Å². The van der Waals surface area contributed by atoms with Crippen molar-refractivity contribution in [1.82, 2.24) is 10.3 Å². The first-order chi connectivity index (χ1) is 21.5. The summed E-state index contributed by atoms with van der Waals surface area (Å²) in [6, 6.07) is 24.9. The third-order valence-corrected chi connectivity index (χ3v) is 8.92. The first kappa shape index (κ1) is 32.3. The van der Waals surface area contributed by atoms with Gasteiger partial charge in [-0.3, -0.25) is 19.6 Å². The molecule has 0 spiro atoms. The average Bonchev–Trinajstić information content (AvgIpc) is 3.42. The van der Waals surface area contributed by atoms with Crippen molar-refractivity contribution in [1.29, 1.82) is 0 Å². The van der Waals surface area contributed by atoms with E-state index in [9.17, 15) is 22.8 Å². The molecule has 0 saturated carbocycles. The molecular formula is C33H26Cl2F3N3O3S. The van der Waals surface area contributed by atoms with Crippen LogP contribution >= 0.6 is 35.0 Å². The van der Waals surface area contributed by atoms with Crippen LogP contribution in [0.3, 0.4) is 0 Å². The number of alkyl halides is 3. The number of halogens is 5. The summed E-state index contributed by atoms with van der Waals surface area (Å²) >= 11 is 14.3. The number of fused-ring (bicyclic) bond motifs is 1. The molecule has 1 N–H and O–H groups in total. The maximum Gasteiger partial charge on any atom is 0.416 e. The largest absolute Gasteiger partial charge is 0.487 e. The molecule has 5 rings (SSSR count). The molecule has 4 aromatic carbocycles. The van der Waals surface area contributed by atoms with Gasteiger partial charge in [0.1, 0.15) is 23.4 Å². The van der Waals surface area contributed by atoms with E-state index in [1.165, 1.54) is 23.2 Å². The number of carbonyl (C=O) groups excluding carboxylic acids is 2. The van der Waals surface area contributed by atoms with Crippen LogP contribution in [0.15, 0.2) is 102 Å². The molecule has 6 nitrogen and oxygen atoms in total. The van der Waals surface area contributed by atoms with Gasteiger partial charge in [-0.1, -0.05) is 89.6 Å². The van der Waals surface area contributed by atoms with Crippen LogP contribution in [-0.4, -0.2) is 30.4 Å². The van der Waals surface area contributed by atoms with Crippen LogP contribution in [0.5, 0.6) is 5.75 Å². The van der Waals surface area contributed by atoms with E-state index in [4.69, 9.17) is 27.9 Å². The Labute approximate surface area is 272 Å². The number of rotatable bonds is 9. The molecule has 1 atom stereocenters. The molecule has 0 fully saturated rings. The summed E-state index contributed by atoms with van der Waals surface area (Å²) in [4.78, 5) is 26.8. The Morgan fingerprint density at radius 3 is 2.29 bits per heavy atom. The topological polar surface area (TPSA) is 61.9 Å². The number of likely N-dealkylation sites (N-methyl/N-ethyl adjacent to an activating group) is 1. The number of benzene rings is 4. The maximum atomic E-state index is 13.5. The normalized spacial score (nSPS) is 14.4. The minimum absolute atomic E-state index is 0.0997. The Kier molecular flexibility index (Phi) is 9.96. The number of ether oxygens (including phenoxy) is 1. The fourth-order valence-electron chi connectivity index (χ4n) is 4.59. The molecular weight excluding hydrogens is 646 g/mol. The fourth-order valence-corrected chi connectivity index (χ4v) is 6.44. The van der Waals surface area contributed by atoms with Gasteiger partial charge in [0.2, 0.25) is 5.91 Å². The van der Waals surface area contributed by atoms with Gasteiger partial charge in [0.15, 0.2) is 0 Å². The quantitative estimate of drug-likeness (QED) is 0.181. The molecule has 4 aromatic rings. The summed E-state index contributed by atoms with van der Waals surface area (Å²) in [5.41, 5.74) is 1.87. The van der Waals surface area contributed by atoms with Crippen LogP contribution < -0.4 is 15.1 Å². The SMILES string of the molecule is CN(C(=O)CNC(=O)C=Cc1ccc(C(F)(F)F)cc1)N1c2c(OCc3c(Cl)cccc3Cl)cccc2SC1c1ccccc1. The number of nitrogens with zero attached hydrogens (tertiary/aromatic N) is 2. The number of amides is 2. The lowest BCUT2D eigenvalue weighted by Crippen LogP contribution is -2.48. The van der Waals surface area contributed by atoms with Gasteiger partial charge in [-0.05, 0) is 53.6 Å². The van der Waals surface area contributed by atoms with E-state index in [1.54, 1.807) is 43.1 Å². The van der Waals surface area contributed by atoms with Crippen LogP contribution in [0.1, 0.15) is 27.6 Å². The van der Waals surface area contributed by atoms with E-state index >= 15 is 0 Å². The molecule has 0 bridgehead atoms. The number of hydrogen-bond acceptors (Lipinski definition) is 5. The van der Waals surface area contributed by atoms with Crippen molar-refractivity contribution in [2.75, 3.05) is 18.6 Å². The van der Waals surface area contributed by atoms with Gasteiger partial charge in [0, 0.05) is 33.6 Å². The van der Waals surface area contributed by atoms with Crippen molar-refractivity contribution >= 4 is 58.5 Å². The molecule has 1 heterocycles. The van der Waals surface area contributed by atoms with E-state index in [1.807, 2.05) is 47.5 Å². The Balaban J connectivity index is 1.33. The fraction of sp³-hybridized carbons (Fsp3) is 0.152. The zero-order chi connectivity index (χ0) is 32.1. The van der Waals surface area contributed by atoms with Gasteiger partial charge in [-0.15, -0.1) is 0 Å². The van der Waals surface area contributed by atoms with E-state index in [0.29, 0.717) is 32.6 Å². The molecule has 0 aromatic heterocycles. The minimum atomic E-state index is -4.45. The number of hydrogen-bond donors (Lipinski definition) is 1. The zero-order valence-electron chi connectivity index (χ0n) is 23.7. The Hall–Kier alpha value is -4.12. The van der Waals surface area contributed by atoms with Gasteiger partial charge in [-0.2, -0.15) is 13.2 Å². The van der Waals surface area contributed by atoms with Crippen molar-refractivity contribution in [2.24, 2.45) is 0 Å². The van der Waals surface area contributed by atoms with Gasteiger partial charge >= 0.3 is 6.18 Å². The number of anilines is 1. The van der Waals surface area contributed by atoms with E-state index in [2.05, 4.69) is 5.32 Å². The Morgan fingerprint density at radius 1 is 0.956 bits per heavy atom. The first-order valence-electron chi connectivity index (χ1n) is 13.6. The van der Waals surface area contributed by atoms with Crippen LogP contribution in [0, 0.1) is 0 Å². The predicted molar refractivity (Wildman–Crippen MR) is 171 cm³/mol. The lowest BCUT2D eigenvalue weighted by atomic mass is 10.1. The first-order valence-corrected chi connectivity index (χ1v) is 15.3. The lowest BCUT2D eigenvalue weighted by molar-refractivity contribution is -0.137. The van der Waals surface area contributed by atoms with Gasteiger partial charge in [0.25, 0.3) is 5.91 Å². The number of hydrazine groups is 1. The minimum Gasteiger partial charge on any atom is -0.487 e. The molecule has 1 aliphatic heterocycles. The number of carbonyl (C=O) groups is 2. The van der Waals surface area contributed by atoms with E-state index in [0.717, 1.165) is 28.7 Å². The highest BCUT2D eigenvalue weighted by molar-refractivity contribution is 8.00.